The molecule has 0 saturated carbocycles. The predicted octanol–water partition coefficient (Wildman–Crippen LogP) is 10.6. The number of carbonyl (C=O) groups excluding carboxylic acids is 2. The third-order valence-electron chi connectivity index (χ3n) is 13.2. The molecule has 0 radical (unpaired) electrons. The summed E-state index contributed by atoms with van der Waals surface area (Å²) in [5.41, 5.74) is 2.83. The normalized spacial score (nSPS) is 16.6. The molecule has 18 heteroatoms. The van der Waals surface area contributed by atoms with E-state index < -0.39 is 31.8 Å². The van der Waals surface area contributed by atoms with Crippen LogP contribution in [0.25, 0.3) is 11.2 Å². The molecule has 1 saturated heterocycles. The smallest absolute Gasteiger partial charge is 0.409 e. The van der Waals surface area contributed by atoms with E-state index in [2.05, 4.69) is 20.3 Å². The fourth-order valence-electron chi connectivity index (χ4n) is 9.57. The monoisotopic (exact) mass is 1040 g/mol. The maximum absolute atomic E-state index is 16.0. The lowest BCUT2D eigenvalue weighted by Gasteiger charge is -2.39. The molecule has 75 heavy (non-hydrogen) atoms. The number of ether oxygens (including phenoxy) is 5. The number of carbonyl (C=O) groups is 2. The zero-order chi connectivity index (χ0) is 53.3. The molecule has 7 aromatic rings. The summed E-state index contributed by atoms with van der Waals surface area (Å²) in [4.78, 5) is 42.7. The number of nitrogens with zero attached hydrogens (tertiary/aromatic N) is 6. The van der Waals surface area contributed by atoms with Gasteiger partial charge in [0.2, 0.25) is 0 Å². The van der Waals surface area contributed by atoms with Crippen molar-refractivity contribution in [1.82, 2.24) is 29.1 Å². The Morgan fingerprint density at radius 3 is 1.80 bits per heavy atom. The van der Waals surface area contributed by atoms with Gasteiger partial charge in [-0.3, -0.25) is 23.2 Å². The Kier molecular flexibility index (Phi) is 17.5. The molecule has 1 fully saturated rings. The molecule has 8 rings (SSSR count). The number of hydrogen-bond acceptors (Lipinski definition) is 13. The summed E-state index contributed by atoms with van der Waals surface area (Å²) in [6.07, 6.45) is 0.453. The van der Waals surface area contributed by atoms with Gasteiger partial charge in [-0.2, -0.15) is 0 Å². The Morgan fingerprint density at radius 1 is 0.707 bits per heavy atom. The molecule has 2 amide bonds. The van der Waals surface area contributed by atoms with E-state index in [1.807, 2.05) is 126 Å². The van der Waals surface area contributed by atoms with Crippen LogP contribution in [0.3, 0.4) is 0 Å². The summed E-state index contributed by atoms with van der Waals surface area (Å²) in [5, 5.41) is 2.88. The van der Waals surface area contributed by atoms with E-state index in [0.717, 1.165) is 16.7 Å². The number of anilines is 1. The predicted molar refractivity (Wildman–Crippen MR) is 286 cm³/mol. The first kappa shape index (κ1) is 54.3. The second-order valence-electron chi connectivity index (χ2n) is 18.9. The number of benzene rings is 5. The number of fused-ring (bicyclic) bond motifs is 1. The molecule has 1 N–H and O–H groups in total. The Morgan fingerprint density at radius 2 is 1.25 bits per heavy atom. The number of aromatic nitrogens is 4. The molecule has 5 aromatic carbocycles. The van der Waals surface area contributed by atoms with Crippen molar-refractivity contribution in [3.8, 4) is 17.2 Å². The molecule has 3 heterocycles. The minimum Gasteiger partial charge on any atom is -0.497 e. The third-order valence-corrected chi connectivity index (χ3v) is 15.7. The van der Waals surface area contributed by atoms with E-state index in [0.29, 0.717) is 39.5 Å². The highest BCUT2D eigenvalue weighted by Crippen LogP contribution is 2.57. The molecule has 0 spiro atoms. The topological polar surface area (TPSA) is 178 Å². The van der Waals surface area contributed by atoms with Gasteiger partial charge in [0.05, 0.1) is 40.9 Å². The quantitative estimate of drug-likeness (QED) is 0.0473. The standard InChI is InChI=1S/C57H66N7O10P/c1-38(2)62(56(66)42-20-26-46(68-7)27-21-42)32-33-72-75(67,64(39(3)4)40(5)6)74-49-34-51(63-37-60-52-53(58-36-59-54(52)63)61-55(65)41-16-12-10-13-17-41)73-50(49)35-71-57(43-18-14-11-15-19-43,44-22-28-47(69-8)29-23-44)45-24-30-48(70-9)31-25-45/h10-31,36-40,49-51H,32-35H2,1-9H3,(H,58,59,61,65)/t49?,50-,51-,75?/m1/s1. The van der Waals surface area contributed by atoms with Crippen LogP contribution in [0.15, 0.2) is 146 Å². The minimum atomic E-state index is -4.27. The summed E-state index contributed by atoms with van der Waals surface area (Å²) in [6.45, 7) is 11.5. The van der Waals surface area contributed by atoms with Crippen molar-refractivity contribution < 1.29 is 46.9 Å². The molecule has 0 aliphatic carbocycles. The van der Waals surface area contributed by atoms with Gasteiger partial charge in [-0.05, 0) is 119 Å². The van der Waals surface area contributed by atoms with Crippen molar-refractivity contribution in [1.29, 1.82) is 0 Å². The second-order valence-corrected chi connectivity index (χ2v) is 20.7. The highest BCUT2D eigenvalue weighted by Gasteiger charge is 2.48. The van der Waals surface area contributed by atoms with Crippen LogP contribution in [0.5, 0.6) is 17.2 Å². The highest BCUT2D eigenvalue weighted by atomic mass is 31.2. The summed E-state index contributed by atoms with van der Waals surface area (Å²) < 4.78 is 64.0. The minimum absolute atomic E-state index is 0.0883. The van der Waals surface area contributed by atoms with E-state index >= 15 is 4.57 Å². The number of nitrogens with one attached hydrogen (secondary N) is 1. The molecule has 1 aliphatic rings. The van der Waals surface area contributed by atoms with Crippen LogP contribution in [-0.4, -0.2) is 112 Å². The summed E-state index contributed by atoms with van der Waals surface area (Å²) in [6, 6.07) is 40.2. The molecule has 17 nitrogen and oxygen atoms in total. The van der Waals surface area contributed by atoms with E-state index in [1.165, 1.54) is 6.33 Å². The molecule has 0 bridgehead atoms. The number of imidazole rings is 1. The summed E-state index contributed by atoms with van der Waals surface area (Å²) >= 11 is 0. The lowest BCUT2D eigenvalue weighted by atomic mass is 9.80. The first-order valence-electron chi connectivity index (χ1n) is 25.0. The molecule has 2 unspecified atom stereocenters. The zero-order valence-electron chi connectivity index (χ0n) is 43.9. The zero-order valence-corrected chi connectivity index (χ0v) is 44.8. The number of hydrogen-bond donors (Lipinski definition) is 1. The maximum atomic E-state index is 16.0. The Bertz CT molecular complexity index is 2980. The van der Waals surface area contributed by atoms with Crippen LogP contribution in [0, 0.1) is 0 Å². The van der Waals surface area contributed by atoms with E-state index in [-0.39, 0.29) is 61.9 Å². The third kappa shape index (κ3) is 11.9. The van der Waals surface area contributed by atoms with E-state index in [4.69, 9.17) is 32.7 Å². The maximum Gasteiger partial charge on any atom is 0.409 e. The molecule has 4 atom stereocenters. The molecular weight excluding hydrogens is 974 g/mol. The first-order chi connectivity index (χ1) is 36.2. The Hall–Kier alpha value is -6.98. The van der Waals surface area contributed by atoms with Gasteiger partial charge in [0.25, 0.3) is 11.8 Å². The number of amides is 2. The lowest BCUT2D eigenvalue weighted by molar-refractivity contribution is -0.0925. The number of methoxy groups -OCH3 is 3. The van der Waals surface area contributed by atoms with Gasteiger partial charge in [-0.15, -0.1) is 0 Å². The van der Waals surface area contributed by atoms with Crippen LogP contribution in [0.1, 0.15) is 91.6 Å². The molecule has 394 valence electrons. The van der Waals surface area contributed by atoms with Crippen LogP contribution in [0.4, 0.5) is 5.82 Å². The summed E-state index contributed by atoms with van der Waals surface area (Å²) in [5.74, 6) is 1.61. The molecular formula is C57H66N7O10P. The van der Waals surface area contributed by atoms with E-state index in [1.54, 1.807) is 90.3 Å². The second kappa shape index (κ2) is 24.1. The van der Waals surface area contributed by atoms with Gasteiger partial charge in [0.15, 0.2) is 17.0 Å². The number of rotatable bonds is 23. The highest BCUT2D eigenvalue weighted by molar-refractivity contribution is 7.51. The van der Waals surface area contributed by atoms with Crippen LogP contribution in [-0.2, 0) is 28.7 Å². The van der Waals surface area contributed by atoms with Crippen molar-refractivity contribution in [3.63, 3.8) is 0 Å². The van der Waals surface area contributed by atoms with Gasteiger partial charge >= 0.3 is 7.75 Å². The molecule has 1 aliphatic heterocycles. The largest absolute Gasteiger partial charge is 0.497 e. The van der Waals surface area contributed by atoms with Gasteiger partial charge < -0.3 is 33.9 Å². The first-order valence-corrected chi connectivity index (χ1v) is 26.5. The van der Waals surface area contributed by atoms with Crippen molar-refractivity contribution >= 4 is 36.5 Å². The van der Waals surface area contributed by atoms with Crippen molar-refractivity contribution in [3.05, 3.63) is 174 Å². The van der Waals surface area contributed by atoms with Gasteiger partial charge in [-0.25, -0.2) is 24.2 Å². The fourth-order valence-corrected chi connectivity index (χ4v) is 11.9. The van der Waals surface area contributed by atoms with Gasteiger partial charge in [-0.1, -0.05) is 72.8 Å². The van der Waals surface area contributed by atoms with Gasteiger partial charge in [0, 0.05) is 42.2 Å². The summed E-state index contributed by atoms with van der Waals surface area (Å²) in [7, 11) is 0.541. The lowest BCUT2D eigenvalue weighted by Crippen LogP contribution is -2.42. The average Bonchev–Trinajstić information content (AvgIpc) is 4.05. The Labute approximate surface area is 438 Å². The van der Waals surface area contributed by atoms with Crippen LogP contribution >= 0.6 is 7.75 Å². The fraction of sp³-hybridized carbons (Fsp3) is 0.351. The van der Waals surface area contributed by atoms with E-state index in [9.17, 15) is 9.59 Å². The van der Waals surface area contributed by atoms with Crippen molar-refractivity contribution in [2.24, 2.45) is 0 Å². The van der Waals surface area contributed by atoms with Crippen molar-refractivity contribution in [2.45, 2.75) is 90.1 Å². The van der Waals surface area contributed by atoms with Gasteiger partial charge in [0.1, 0.15) is 47.6 Å². The van der Waals surface area contributed by atoms with Crippen molar-refractivity contribution in [2.75, 3.05) is 46.4 Å². The van der Waals surface area contributed by atoms with Crippen LogP contribution in [0.2, 0.25) is 0 Å². The Balaban J connectivity index is 1.18. The van der Waals surface area contributed by atoms with Crippen LogP contribution < -0.4 is 19.5 Å². The SMILES string of the molecule is COc1ccc(C(=O)N(CCOP(=O)(OC2C[C@H](n3cnc4c(NC(=O)c5ccccc5)ncnc43)O[C@@H]2COC(c2ccccc2)(c2ccc(OC)cc2)c2ccc(OC)cc2)N(C(C)C)C(C)C)C(C)C)cc1. The average molecular weight is 1040 g/mol. The molecule has 2 aromatic heterocycles.